The maximum absolute atomic E-state index is 11.7. The Balaban J connectivity index is 3.07. The Bertz CT molecular complexity index is 828. The molecule has 0 aliphatic rings. The summed E-state index contributed by atoms with van der Waals surface area (Å²) in [5, 5.41) is -0.563. The van der Waals surface area contributed by atoms with Crippen molar-refractivity contribution < 1.29 is 8.42 Å². The summed E-state index contributed by atoms with van der Waals surface area (Å²) in [4.78, 5) is 29.1. The first-order valence-electron chi connectivity index (χ1n) is 4.34. The lowest BCUT2D eigenvalue weighted by molar-refractivity contribution is 0.603. The lowest BCUT2D eigenvalue weighted by Gasteiger charge is -2.00. The highest BCUT2D eigenvalue weighted by atomic mass is 35.7. The highest BCUT2D eigenvalue weighted by molar-refractivity contribution is 8.13. The summed E-state index contributed by atoms with van der Waals surface area (Å²) in [6.07, 6.45) is 0. The zero-order valence-corrected chi connectivity index (χ0v) is 10.3. The second kappa shape index (κ2) is 3.44. The second-order valence-electron chi connectivity index (χ2n) is 3.38. The van der Waals surface area contributed by atoms with Crippen LogP contribution in [0, 0.1) is 0 Å². The number of halogens is 1. The quantitative estimate of drug-likeness (QED) is 0.666. The summed E-state index contributed by atoms with van der Waals surface area (Å²) < 4.78 is 24.0. The fraction of sp³-hybridized carbons (Fsp3) is 0.286. The van der Waals surface area contributed by atoms with Crippen LogP contribution >= 0.6 is 10.7 Å². The van der Waals surface area contributed by atoms with Crippen molar-refractivity contribution in [1.82, 2.24) is 19.1 Å². The maximum atomic E-state index is 11.7. The smallest absolute Gasteiger partial charge is 0.322 e. The standard InChI is InChI=1S/C7H7ClN4O4S/c1-11-4-3(5(13)12(2)7(11)14)9-6(10-4)17(8,15)16/h1-2H3,(H,9,10). The van der Waals surface area contributed by atoms with Gasteiger partial charge in [-0.2, -0.15) is 4.98 Å². The first-order chi connectivity index (χ1) is 7.73. The molecule has 0 aliphatic heterocycles. The molecule has 0 amide bonds. The molecule has 10 heteroatoms. The van der Waals surface area contributed by atoms with Crippen molar-refractivity contribution in [2.24, 2.45) is 14.1 Å². The Hall–Kier alpha value is -1.61. The van der Waals surface area contributed by atoms with E-state index in [1.54, 1.807) is 0 Å². The molecule has 2 aromatic rings. The van der Waals surface area contributed by atoms with Gasteiger partial charge in [-0.15, -0.1) is 0 Å². The van der Waals surface area contributed by atoms with Gasteiger partial charge in [0.25, 0.3) is 14.6 Å². The minimum absolute atomic E-state index is 0.0580. The SMILES string of the molecule is Cn1c(=O)c2[nH]c(S(=O)(=O)Cl)nc2n(C)c1=O. The summed E-state index contributed by atoms with van der Waals surface area (Å²) in [6, 6.07) is 0. The lowest BCUT2D eigenvalue weighted by Crippen LogP contribution is -2.36. The van der Waals surface area contributed by atoms with Crippen molar-refractivity contribution in [1.29, 1.82) is 0 Å². The van der Waals surface area contributed by atoms with Gasteiger partial charge in [-0.3, -0.25) is 13.9 Å². The molecule has 0 bridgehead atoms. The van der Waals surface area contributed by atoms with E-state index in [0.29, 0.717) is 0 Å². The van der Waals surface area contributed by atoms with Crippen LogP contribution in [-0.2, 0) is 23.1 Å². The number of hydrogen-bond donors (Lipinski definition) is 1. The zero-order valence-electron chi connectivity index (χ0n) is 8.76. The Morgan fingerprint density at radius 3 is 2.35 bits per heavy atom. The molecule has 2 rings (SSSR count). The summed E-state index contributed by atoms with van der Waals surface area (Å²) in [5.74, 6) is 0. The van der Waals surface area contributed by atoms with E-state index in [2.05, 4.69) is 9.97 Å². The topological polar surface area (TPSA) is 107 Å². The monoisotopic (exact) mass is 278 g/mol. The van der Waals surface area contributed by atoms with Crippen molar-refractivity contribution >= 4 is 30.9 Å². The molecule has 0 spiro atoms. The van der Waals surface area contributed by atoms with Crippen molar-refractivity contribution in [3.05, 3.63) is 20.8 Å². The van der Waals surface area contributed by atoms with Crippen molar-refractivity contribution in [2.45, 2.75) is 5.16 Å². The number of H-pyrrole nitrogens is 1. The van der Waals surface area contributed by atoms with E-state index < -0.39 is 25.5 Å². The molecule has 17 heavy (non-hydrogen) atoms. The van der Waals surface area contributed by atoms with E-state index >= 15 is 0 Å². The zero-order chi connectivity index (χ0) is 13.0. The number of nitrogens with one attached hydrogen (secondary N) is 1. The van der Waals surface area contributed by atoms with Crippen LogP contribution in [0.2, 0.25) is 0 Å². The van der Waals surface area contributed by atoms with Crippen LogP contribution in [0.15, 0.2) is 14.7 Å². The summed E-state index contributed by atoms with van der Waals surface area (Å²) in [7, 11) is 3.66. The van der Waals surface area contributed by atoms with Crippen molar-refractivity contribution in [3.8, 4) is 0 Å². The van der Waals surface area contributed by atoms with Crippen LogP contribution in [0.25, 0.3) is 11.2 Å². The highest BCUT2D eigenvalue weighted by Gasteiger charge is 2.20. The van der Waals surface area contributed by atoms with Crippen LogP contribution in [0.4, 0.5) is 0 Å². The minimum Gasteiger partial charge on any atom is -0.322 e. The van der Waals surface area contributed by atoms with Gasteiger partial charge in [-0.05, 0) is 0 Å². The molecule has 2 aromatic heterocycles. The normalized spacial score (nSPS) is 12.2. The molecule has 0 atom stereocenters. The molecular formula is C7H7ClN4O4S. The van der Waals surface area contributed by atoms with Crippen LogP contribution in [0.1, 0.15) is 0 Å². The molecule has 92 valence electrons. The van der Waals surface area contributed by atoms with Gasteiger partial charge in [0.1, 0.15) is 0 Å². The third kappa shape index (κ3) is 1.67. The molecule has 2 heterocycles. The molecule has 0 radical (unpaired) electrons. The molecule has 0 saturated carbocycles. The van der Waals surface area contributed by atoms with Gasteiger partial charge in [0.05, 0.1) is 0 Å². The third-order valence-electron chi connectivity index (χ3n) is 2.30. The maximum Gasteiger partial charge on any atom is 0.332 e. The third-order valence-corrected chi connectivity index (χ3v) is 3.40. The highest BCUT2D eigenvalue weighted by Crippen LogP contribution is 2.13. The Morgan fingerprint density at radius 1 is 1.24 bits per heavy atom. The van der Waals surface area contributed by atoms with Crippen molar-refractivity contribution in [3.63, 3.8) is 0 Å². The van der Waals surface area contributed by atoms with Gasteiger partial charge in [-0.25, -0.2) is 13.2 Å². The average molecular weight is 279 g/mol. The largest absolute Gasteiger partial charge is 0.332 e. The van der Waals surface area contributed by atoms with E-state index in [0.717, 1.165) is 9.13 Å². The summed E-state index contributed by atoms with van der Waals surface area (Å²) in [5.41, 5.74) is -1.42. The first kappa shape index (κ1) is 11.9. The Kier molecular flexibility index (Phi) is 2.40. The van der Waals surface area contributed by atoms with Gasteiger partial charge in [-0.1, -0.05) is 0 Å². The van der Waals surface area contributed by atoms with E-state index in [9.17, 15) is 18.0 Å². The second-order valence-corrected chi connectivity index (χ2v) is 5.87. The number of fused-ring (bicyclic) bond motifs is 1. The number of imidazole rings is 1. The molecule has 0 fully saturated rings. The predicted molar refractivity (Wildman–Crippen MR) is 59.6 cm³/mol. The molecule has 1 N–H and O–H groups in total. The lowest BCUT2D eigenvalue weighted by atomic mass is 10.5. The van der Waals surface area contributed by atoms with Gasteiger partial charge in [0.2, 0.25) is 5.16 Å². The number of hydrogen-bond acceptors (Lipinski definition) is 5. The number of aromatic nitrogens is 4. The first-order valence-corrected chi connectivity index (χ1v) is 6.65. The minimum atomic E-state index is -4.08. The van der Waals surface area contributed by atoms with Crippen LogP contribution < -0.4 is 11.2 Å². The van der Waals surface area contributed by atoms with Crippen molar-refractivity contribution in [2.75, 3.05) is 0 Å². The van der Waals surface area contributed by atoms with Crippen LogP contribution in [-0.4, -0.2) is 27.5 Å². The molecular weight excluding hydrogens is 272 g/mol. The average Bonchev–Trinajstić information content (AvgIpc) is 2.67. The van der Waals surface area contributed by atoms with Gasteiger partial charge < -0.3 is 4.98 Å². The number of nitrogens with zero attached hydrogens (tertiary/aromatic N) is 3. The molecule has 0 aromatic carbocycles. The molecule has 0 unspecified atom stereocenters. The van der Waals surface area contributed by atoms with Gasteiger partial charge >= 0.3 is 5.69 Å². The van der Waals surface area contributed by atoms with E-state index in [-0.39, 0.29) is 11.2 Å². The molecule has 0 aliphatic carbocycles. The number of rotatable bonds is 1. The fourth-order valence-corrected chi connectivity index (χ4v) is 2.06. The molecule has 0 saturated heterocycles. The van der Waals surface area contributed by atoms with E-state index in [1.807, 2.05) is 0 Å². The van der Waals surface area contributed by atoms with E-state index in [4.69, 9.17) is 10.7 Å². The summed E-state index contributed by atoms with van der Waals surface area (Å²) in [6.45, 7) is 0. The van der Waals surface area contributed by atoms with Crippen LogP contribution in [0.3, 0.4) is 0 Å². The summed E-state index contributed by atoms with van der Waals surface area (Å²) >= 11 is 0. The Morgan fingerprint density at radius 2 is 1.82 bits per heavy atom. The molecule has 8 nitrogen and oxygen atoms in total. The predicted octanol–water partition coefficient (Wildman–Crippen LogP) is -1.11. The van der Waals surface area contributed by atoms with Crippen LogP contribution in [0.5, 0.6) is 0 Å². The number of aryl methyl sites for hydroxylation is 1. The Labute approximate surface area is 98.9 Å². The number of aromatic amines is 1. The van der Waals surface area contributed by atoms with Gasteiger partial charge in [0.15, 0.2) is 11.2 Å². The van der Waals surface area contributed by atoms with Gasteiger partial charge in [0, 0.05) is 24.8 Å². The fourth-order valence-electron chi connectivity index (χ4n) is 1.42. The van der Waals surface area contributed by atoms with E-state index in [1.165, 1.54) is 14.1 Å².